The highest BCUT2D eigenvalue weighted by Gasteiger charge is 2.05. The molecule has 0 aliphatic heterocycles. The van der Waals surface area contributed by atoms with Gasteiger partial charge in [0, 0.05) is 4.47 Å². The SMILES string of the molecule is O=C(O)Cc1ccc(OC/C=C(\c2ccccc2)c2ccc(Br)cc2)cc1. The lowest BCUT2D eigenvalue weighted by molar-refractivity contribution is -0.136. The maximum Gasteiger partial charge on any atom is 0.307 e. The minimum Gasteiger partial charge on any atom is -0.490 e. The van der Waals surface area contributed by atoms with Crippen molar-refractivity contribution in [3.63, 3.8) is 0 Å². The van der Waals surface area contributed by atoms with Gasteiger partial charge in [-0.1, -0.05) is 70.5 Å². The fourth-order valence-electron chi connectivity index (χ4n) is 2.75. The highest BCUT2D eigenvalue weighted by atomic mass is 79.9. The van der Waals surface area contributed by atoms with Crippen molar-refractivity contribution in [3.8, 4) is 5.75 Å². The molecular weight excluding hydrogens is 404 g/mol. The van der Waals surface area contributed by atoms with Crippen LogP contribution in [0.15, 0.2) is 89.4 Å². The average molecular weight is 423 g/mol. The van der Waals surface area contributed by atoms with E-state index in [2.05, 4.69) is 46.3 Å². The molecule has 0 saturated carbocycles. The van der Waals surface area contributed by atoms with Crippen LogP contribution in [0.5, 0.6) is 5.75 Å². The van der Waals surface area contributed by atoms with E-state index in [0.717, 1.165) is 26.7 Å². The Balaban J connectivity index is 1.76. The summed E-state index contributed by atoms with van der Waals surface area (Å²) in [6, 6.07) is 25.5. The number of aliphatic carboxylic acids is 1. The number of hydrogen-bond donors (Lipinski definition) is 1. The lowest BCUT2D eigenvalue weighted by atomic mass is 9.98. The van der Waals surface area contributed by atoms with E-state index in [9.17, 15) is 4.79 Å². The van der Waals surface area contributed by atoms with Crippen LogP contribution < -0.4 is 4.74 Å². The van der Waals surface area contributed by atoms with E-state index >= 15 is 0 Å². The Morgan fingerprint density at radius 3 is 2.15 bits per heavy atom. The largest absolute Gasteiger partial charge is 0.490 e. The quantitative estimate of drug-likeness (QED) is 0.539. The Labute approximate surface area is 167 Å². The van der Waals surface area contributed by atoms with Crippen LogP contribution in [0.25, 0.3) is 5.57 Å². The number of carboxylic acids is 1. The fraction of sp³-hybridized carbons (Fsp3) is 0.0870. The predicted molar refractivity (Wildman–Crippen MR) is 111 cm³/mol. The second-order valence-corrected chi connectivity index (χ2v) is 6.93. The number of hydrogen-bond acceptors (Lipinski definition) is 2. The summed E-state index contributed by atoms with van der Waals surface area (Å²) < 4.78 is 6.87. The summed E-state index contributed by atoms with van der Waals surface area (Å²) in [6.07, 6.45) is 2.08. The Kier molecular flexibility index (Phi) is 6.44. The smallest absolute Gasteiger partial charge is 0.307 e. The number of ether oxygens (including phenoxy) is 1. The van der Waals surface area contributed by atoms with Crippen LogP contribution in [0.2, 0.25) is 0 Å². The zero-order chi connectivity index (χ0) is 19.1. The molecule has 0 amide bonds. The van der Waals surface area contributed by atoms with Crippen LogP contribution in [0, 0.1) is 0 Å². The van der Waals surface area contributed by atoms with Gasteiger partial charge in [0.05, 0.1) is 6.42 Å². The molecule has 0 saturated heterocycles. The van der Waals surface area contributed by atoms with Gasteiger partial charge in [-0.3, -0.25) is 4.79 Å². The van der Waals surface area contributed by atoms with E-state index in [1.165, 1.54) is 0 Å². The van der Waals surface area contributed by atoms with Crippen molar-refractivity contribution in [2.75, 3.05) is 6.61 Å². The summed E-state index contributed by atoms with van der Waals surface area (Å²) in [4.78, 5) is 10.7. The van der Waals surface area contributed by atoms with E-state index < -0.39 is 5.97 Å². The Bertz CT molecular complexity index is 914. The third-order valence-electron chi connectivity index (χ3n) is 4.06. The molecule has 3 rings (SSSR count). The van der Waals surface area contributed by atoms with Crippen molar-refractivity contribution in [1.29, 1.82) is 0 Å². The first-order chi connectivity index (χ1) is 13.1. The molecular formula is C23H19BrO3. The molecule has 1 N–H and O–H groups in total. The summed E-state index contributed by atoms with van der Waals surface area (Å²) in [6.45, 7) is 0.415. The molecule has 0 fully saturated rings. The van der Waals surface area contributed by atoms with Crippen molar-refractivity contribution >= 4 is 27.5 Å². The van der Waals surface area contributed by atoms with Crippen LogP contribution in [0.3, 0.4) is 0 Å². The van der Waals surface area contributed by atoms with Gasteiger partial charge in [-0.25, -0.2) is 0 Å². The Hall–Kier alpha value is -2.85. The van der Waals surface area contributed by atoms with Gasteiger partial charge < -0.3 is 9.84 Å². The molecule has 0 bridgehead atoms. The van der Waals surface area contributed by atoms with E-state index in [4.69, 9.17) is 9.84 Å². The monoisotopic (exact) mass is 422 g/mol. The minimum absolute atomic E-state index is 0.0158. The fourth-order valence-corrected chi connectivity index (χ4v) is 3.01. The minimum atomic E-state index is -0.839. The molecule has 0 heterocycles. The molecule has 4 heteroatoms. The van der Waals surface area contributed by atoms with E-state index in [1.807, 2.05) is 30.3 Å². The van der Waals surface area contributed by atoms with Gasteiger partial charge in [-0.05, 0) is 52.6 Å². The highest BCUT2D eigenvalue weighted by molar-refractivity contribution is 9.10. The van der Waals surface area contributed by atoms with Crippen molar-refractivity contribution < 1.29 is 14.6 Å². The van der Waals surface area contributed by atoms with Crippen molar-refractivity contribution in [2.24, 2.45) is 0 Å². The number of carboxylic acid groups (broad SMARTS) is 1. The normalized spacial score (nSPS) is 11.2. The van der Waals surface area contributed by atoms with Gasteiger partial charge in [0.25, 0.3) is 0 Å². The number of benzene rings is 3. The molecule has 3 aromatic rings. The molecule has 0 aliphatic carbocycles. The molecule has 136 valence electrons. The molecule has 0 aliphatic rings. The molecule has 3 nitrogen and oxygen atoms in total. The maximum absolute atomic E-state index is 10.7. The molecule has 0 spiro atoms. The molecule has 0 unspecified atom stereocenters. The summed E-state index contributed by atoms with van der Waals surface area (Å²) in [5.74, 6) is -0.128. The van der Waals surface area contributed by atoms with E-state index in [1.54, 1.807) is 24.3 Å². The van der Waals surface area contributed by atoms with Crippen molar-refractivity contribution in [3.05, 3.63) is 106 Å². The summed E-state index contributed by atoms with van der Waals surface area (Å²) in [5.41, 5.74) is 4.10. The zero-order valence-electron chi connectivity index (χ0n) is 14.6. The summed E-state index contributed by atoms with van der Waals surface area (Å²) >= 11 is 3.47. The third kappa shape index (κ3) is 5.56. The molecule has 27 heavy (non-hydrogen) atoms. The summed E-state index contributed by atoms with van der Waals surface area (Å²) in [7, 11) is 0. The van der Waals surface area contributed by atoms with Crippen LogP contribution >= 0.6 is 15.9 Å². The van der Waals surface area contributed by atoms with Gasteiger partial charge >= 0.3 is 5.97 Å². The van der Waals surface area contributed by atoms with Crippen LogP contribution in [-0.2, 0) is 11.2 Å². The van der Waals surface area contributed by atoms with E-state index in [-0.39, 0.29) is 6.42 Å². The first-order valence-corrected chi connectivity index (χ1v) is 9.36. The third-order valence-corrected chi connectivity index (χ3v) is 4.58. The average Bonchev–Trinajstić information content (AvgIpc) is 2.68. The first-order valence-electron chi connectivity index (χ1n) is 8.57. The molecule has 0 aromatic heterocycles. The zero-order valence-corrected chi connectivity index (χ0v) is 16.2. The lowest BCUT2D eigenvalue weighted by Gasteiger charge is -2.10. The van der Waals surface area contributed by atoms with Crippen LogP contribution in [0.1, 0.15) is 16.7 Å². The summed E-state index contributed by atoms with van der Waals surface area (Å²) in [5, 5.41) is 8.83. The Morgan fingerprint density at radius 1 is 0.889 bits per heavy atom. The van der Waals surface area contributed by atoms with Crippen molar-refractivity contribution in [2.45, 2.75) is 6.42 Å². The predicted octanol–water partition coefficient (Wildman–Crippen LogP) is 5.59. The van der Waals surface area contributed by atoms with Gasteiger partial charge in [0.1, 0.15) is 12.4 Å². The topological polar surface area (TPSA) is 46.5 Å². The molecule has 3 aromatic carbocycles. The lowest BCUT2D eigenvalue weighted by Crippen LogP contribution is -2.00. The number of carbonyl (C=O) groups is 1. The highest BCUT2D eigenvalue weighted by Crippen LogP contribution is 2.25. The second-order valence-electron chi connectivity index (χ2n) is 6.02. The van der Waals surface area contributed by atoms with Crippen LogP contribution in [-0.4, -0.2) is 17.7 Å². The van der Waals surface area contributed by atoms with Crippen molar-refractivity contribution in [1.82, 2.24) is 0 Å². The standard InChI is InChI=1S/C23H19BrO3/c24-20-10-8-19(9-11-20)22(18-4-2-1-3-5-18)14-15-27-21-12-6-17(7-13-21)16-23(25)26/h1-14H,15-16H2,(H,25,26)/b22-14+. The number of halogens is 1. The van der Waals surface area contributed by atoms with Gasteiger partial charge in [0.15, 0.2) is 0 Å². The van der Waals surface area contributed by atoms with Gasteiger partial charge in [-0.15, -0.1) is 0 Å². The van der Waals surface area contributed by atoms with Crippen LogP contribution in [0.4, 0.5) is 0 Å². The van der Waals surface area contributed by atoms with E-state index in [0.29, 0.717) is 12.4 Å². The molecule has 0 radical (unpaired) electrons. The number of rotatable bonds is 7. The second kappa shape index (κ2) is 9.19. The maximum atomic E-state index is 10.7. The van der Waals surface area contributed by atoms with Gasteiger partial charge in [-0.2, -0.15) is 0 Å². The first kappa shape index (κ1) is 18.9. The Morgan fingerprint density at radius 2 is 1.52 bits per heavy atom. The molecule has 0 atom stereocenters. The van der Waals surface area contributed by atoms with Gasteiger partial charge in [0.2, 0.25) is 0 Å².